The van der Waals surface area contributed by atoms with Gasteiger partial charge in [0.2, 0.25) is 10.0 Å². The van der Waals surface area contributed by atoms with Crippen LogP contribution in [0.3, 0.4) is 0 Å². The van der Waals surface area contributed by atoms with Gasteiger partial charge < -0.3 is 5.32 Å². The second kappa shape index (κ2) is 7.86. The van der Waals surface area contributed by atoms with Crippen molar-refractivity contribution >= 4 is 44.6 Å². The largest absolute Gasteiger partial charge is 0.321 e. The lowest BCUT2D eigenvalue weighted by Crippen LogP contribution is -2.31. The number of halogens is 1. The molecule has 134 valence electrons. The molecule has 1 aromatic heterocycles. The molecule has 1 fully saturated rings. The number of carbonyl (C=O) groups is 1. The number of nitrogens with zero attached hydrogens (tertiary/aromatic N) is 1. The molecule has 2 aromatic rings. The van der Waals surface area contributed by atoms with E-state index in [1.165, 1.54) is 15.8 Å². The average Bonchev–Trinajstić information content (AvgIpc) is 2.91. The summed E-state index contributed by atoms with van der Waals surface area (Å²) < 4.78 is 27.1. The first-order valence-corrected chi connectivity index (χ1v) is 10.8. The summed E-state index contributed by atoms with van der Waals surface area (Å²) in [5, 5.41) is 4.79. The maximum Gasteiger partial charge on any atom is 0.265 e. The van der Waals surface area contributed by atoms with Crippen molar-refractivity contribution in [2.24, 2.45) is 0 Å². The van der Waals surface area contributed by atoms with Crippen LogP contribution in [0.1, 0.15) is 35.4 Å². The number of sulfonamides is 1. The summed E-state index contributed by atoms with van der Waals surface area (Å²) in [6.07, 6.45) is 3.88. The second-order valence-electron chi connectivity index (χ2n) is 5.93. The molecule has 0 radical (unpaired) electrons. The Hall–Kier alpha value is -1.41. The van der Waals surface area contributed by atoms with Gasteiger partial charge in [0.15, 0.2) is 0 Å². The van der Waals surface area contributed by atoms with E-state index in [1.807, 2.05) is 0 Å². The Bertz CT molecular complexity index is 856. The normalized spacial score (nSPS) is 16.4. The fraction of sp³-hybridized carbons (Fsp3) is 0.353. The summed E-state index contributed by atoms with van der Waals surface area (Å²) in [4.78, 5) is 12.9. The summed E-state index contributed by atoms with van der Waals surface area (Å²) in [6, 6.07) is 8.27. The molecule has 0 spiro atoms. The number of hydrogen-bond donors (Lipinski definition) is 1. The van der Waals surface area contributed by atoms with Gasteiger partial charge in [-0.3, -0.25) is 4.79 Å². The Morgan fingerprint density at radius 1 is 1.12 bits per heavy atom. The molecule has 1 N–H and O–H groups in total. The minimum absolute atomic E-state index is 0.190. The number of carbonyl (C=O) groups excluding carboxylic acids is 1. The van der Waals surface area contributed by atoms with Crippen molar-refractivity contribution in [2.45, 2.75) is 30.6 Å². The van der Waals surface area contributed by atoms with Crippen molar-refractivity contribution in [3.63, 3.8) is 0 Å². The minimum atomic E-state index is -3.53. The van der Waals surface area contributed by atoms with Gasteiger partial charge in [-0.2, -0.15) is 4.31 Å². The van der Waals surface area contributed by atoms with E-state index in [2.05, 4.69) is 5.32 Å². The van der Waals surface area contributed by atoms with Gasteiger partial charge >= 0.3 is 0 Å². The predicted molar refractivity (Wildman–Crippen MR) is 101 cm³/mol. The zero-order valence-corrected chi connectivity index (χ0v) is 16.0. The second-order valence-corrected chi connectivity index (χ2v) is 9.22. The Kier molecular flexibility index (Phi) is 5.78. The van der Waals surface area contributed by atoms with Crippen LogP contribution in [-0.4, -0.2) is 31.7 Å². The zero-order chi connectivity index (χ0) is 17.9. The van der Waals surface area contributed by atoms with Crippen molar-refractivity contribution in [3.8, 4) is 0 Å². The third-order valence-electron chi connectivity index (χ3n) is 4.08. The molecule has 0 unspecified atom stereocenters. The van der Waals surface area contributed by atoms with Gasteiger partial charge in [0.25, 0.3) is 5.91 Å². The van der Waals surface area contributed by atoms with Gasteiger partial charge in [0.05, 0.1) is 9.77 Å². The highest BCUT2D eigenvalue weighted by molar-refractivity contribution is 7.89. The van der Waals surface area contributed by atoms with Gasteiger partial charge in [-0.1, -0.05) is 30.5 Å². The van der Waals surface area contributed by atoms with E-state index in [0.29, 0.717) is 28.7 Å². The van der Waals surface area contributed by atoms with Crippen molar-refractivity contribution in [3.05, 3.63) is 45.6 Å². The molecule has 1 aliphatic rings. The van der Waals surface area contributed by atoms with E-state index in [0.717, 1.165) is 37.0 Å². The fourth-order valence-electron chi connectivity index (χ4n) is 2.76. The highest BCUT2D eigenvalue weighted by atomic mass is 35.5. The molecule has 1 aliphatic heterocycles. The summed E-state index contributed by atoms with van der Waals surface area (Å²) in [5.41, 5.74) is 0.572. The molecule has 25 heavy (non-hydrogen) atoms. The first kappa shape index (κ1) is 18.4. The van der Waals surface area contributed by atoms with Gasteiger partial charge in [-0.15, -0.1) is 11.3 Å². The van der Waals surface area contributed by atoms with Gasteiger partial charge in [-0.25, -0.2) is 8.42 Å². The van der Waals surface area contributed by atoms with Crippen LogP contribution in [0.5, 0.6) is 0 Å². The number of benzene rings is 1. The maximum atomic E-state index is 12.8. The standard InChI is InChI=1S/C17H19ClN2O3S2/c18-13-6-5-7-14(10-13)19-17(21)16-11-15(12-24-16)25(22,23)20-8-3-1-2-4-9-20/h5-7,10-12H,1-4,8-9H2,(H,19,21). The molecule has 2 heterocycles. The van der Waals surface area contributed by atoms with Crippen molar-refractivity contribution < 1.29 is 13.2 Å². The average molecular weight is 399 g/mol. The first-order chi connectivity index (χ1) is 12.0. The molecular weight excluding hydrogens is 380 g/mol. The molecular formula is C17H19ClN2O3S2. The third kappa shape index (κ3) is 4.41. The molecule has 0 atom stereocenters. The molecule has 1 saturated heterocycles. The van der Waals surface area contributed by atoms with Crippen LogP contribution >= 0.6 is 22.9 Å². The predicted octanol–water partition coefficient (Wildman–Crippen LogP) is 4.22. The summed E-state index contributed by atoms with van der Waals surface area (Å²) in [5.74, 6) is -0.343. The molecule has 5 nitrogen and oxygen atoms in total. The molecule has 0 bridgehead atoms. The van der Waals surface area contributed by atoms with E-state index in [-0.39, 0.29) is 10.8 Å². The molecule has 0 aliphatic carbocycles. The van der Waals surface area contributed by atoms with Crippen LogP contribution in [0.15, 0.2) is 40.6 Å². The molecule has 0 saturated carbocycles. The Morgan fingerprint density at radius 3 is 2.52 bits per heavy atom. The molecule has 1 amide bonds. The number of anilines is 1. The van der Waals surface area contributed by atoms with Crippen LogP contribution in [0.25, 0.3) is 0 Å². The highest BCUT2D eigenvalue weighted by Crippen LogP contribution is 2.26. The van der Waals surface area contributed by atoms with Crippen molar-refractivity contribution in [1.82, 2.24) is 4.31 Å². The van der Waals surface area contributed by atoms with Crippen LogP contribution < -0.4 is 5.32 Å². The lowest BCUT2D eigenvalue weighted by atomic mass is 10.2. The molecule has 3 rings (SSSR count). The van der Waals surface area contributed by atoms with Gasteiger partial charge in [-0.05, 0) is 37.1 Å². The maximum absolute atomic E-state index is 12.8. The van der Waals surface area contributed by atoms with Crippen LogP contribution in [-0.2, 0) is 10.0 Å². The van der Waals surface area contributed by atoms with Gasteiger partial charge in [0.1, 0.15) is 0 Å². The Balaban J connectivity index is 1.75. The van der Waals surface area contributed by atoms with E-state index in [9.17, 15) is 13.2 Å². The van der Waals surface area contributed by atoms with E-state index in [4.69, 9.17) is 11.6 Å². The Morgan fingerprint density at radius 2 is 1.84 bits per heavy atom. The molecule has 1 aromatic carbocycles. The van der Waals surface area contributed by atoms with E-state index >= 15 is 0 Å². The highest BCUT2D eigenvalue weighted by Gasteiger charge is 2.27. The van der Waals surface area contributed by atoms with E-state index in [1.54, 1.807) is 24.3 Å². The number of rotatable bonds is 4. The lowest BCUT2D eigenvalue weighted by molar-refractivity contribution is 0.103. The van der Waals surface area contributed by atoms with E-state index < -0.39 is 10.0 Å². The zero-order valence-electron chi connectivity index (χ0n) is 13.6. The quantitative estimate of drug-likeness (QED) is 0.838. The first-order valence-electron chi connectivity index (χ1n) is 8.12. The smallest absolute Gasteiger partial charge is 0.265 e. The fourth-order valence-corrected chi connectivity index (χ4v) is 5.63. The van der Waals surface area contributed by atoms with Crippen LogP contribution in [0.2, 0.25) is 5.02 Å². The number of nitrogens with one attached hydrogen (secondary N) is 1. The third-order valence-corrected chi connectivity index (χ3v) is 7.27. The van der Waals surface area contributed by atoms with Crippen LogP contribution in [0, 0.1) is 0 Å². The molecule has 8 heteroatoms. The summed E-state index contributed by atoms with van der Waals surface area (Å²) in [7, 11) is -3.53. The van der Waals surface area contributed by atoms with Crippen molar-refractivity contribution in [1.29, 1.82) is 0 Å². The lowest BCUT2D eigenvalue weighted by Gasteiger charge is -2.18. The summed E-state index contributed by atoms with van der Waals surface area (Å²) >= 11 is 7.03. The number of hydrogen-bond acceptors (Lipinski definition) is 4. The number of thiophene rings is 1. The Labute approximate surface area is 156 Å². The minimum Gasteiger partial charge on any atom is -0.321 e. The monoisotopic (exact) mass is 398 g/mol. The van der Waals surface area contributed by atoms with Crippen LogP contribution in [0.4, 0.5) is 5.69 Å². The summed E-state index contributed by atoms with van der Waals surface area (Å²) in [6.45, 7) is 1.09. The SMILES string of the molecule is O=C(Nc1cccc(Cl)c1)c1cc(S(=O)(=O)N2CCCCCC2)cs1. The van der Waals surface area contributed by atoms with Crippen molar-refractivity contribution in [2.75, 3.05) is 18.4 Å². The topological polar surface area (TPSA) is 66.5 Å². The number of amides is 1. The van der Waals surface area contributed by atoms with Gasteiger partial charge in [0, 0.05) is 29.2 Å².